The summed E-state index contributed by atoms with van der Waals surface area (Å²) in [6.45, 7) is 6.35. The summed E-state index contributed by atoms with van der Waals surface area (Å²) in [6.07, 6.45) is 3.07. The molecule has 8 heteroatoms. The first kappa shape index (κ1) is 14.0. The van der Waals surface area contributed by atoms with Crippen LogP contribution in [0.4, 0.5) is 10.6 Å². The smallest absolute Gasteiger partial charge is 0.320 e. The number of aryl methyl sites for hydroxylation is 1. The van der Waals surface area contributed by atoms with Crippen molar-refractivity contribution in [3.05, 3.63) is 24.0 Å². The summed E-state index contributed by atoms with van der Waals surface area (Å²) in [4.78, 5) is 16.0. The molecular weight excluding hydrogens is 260 g/mol. The van der Waals surface area contributed by atoms with Crippen LogP contribution in [0.2, 0.25) is 0 Å². The predicted molar refractivity (Wildman–Crippen MR) is 72.1 cm³/mol. The minimum absolute atomic E-state index is 0.0790. The minimum Gasteiger partial charge on any atom is -0.447 e. The quantitative estimate of drug-likeness (QED) is 0.884. The molecule has 0 aliphatic carbocycles. The van der Waals surface area contributed by atoms with Crippen molar-refractivity contribution in [3.8, 4) is 0 Å². The van der Waals surface area contributed by atoms with Crippen LogP contribution >= 0.6 is 0 Å². The second-order valence-electron chi connectivity index (χ2n) is 5.43. The van der Waals surface area contributed by atoms with E-state index in [0.717, 1.165) is 5.69 Å². The number of carbonyl (C=O) groups is 1. The molecule has 0 aromatic carbocycles. The summed E-state index contributed by atoms with van der Waals surface area (Å²) in [5.74, 6) is 0.971. The molecule has 0 bridgehead atoms. The molecule has 0 fully saturated rings. The fourth-order valence-corrected chi connectivity index (χ4v) is 1.46. The predicted octanol–water partition coefficient (Wildman–Crippen LogP) is 1.42. The van der Waals surface area contributed by atoms with E-state index in [4.69, 9.17) is 4.42 Å². The van der Waals surface area contributed by atoms with Crippen molar-refractivity contribution >= 4 is 11.8 Å². The minimum atomic E-state index is -0.370. The number of carbonyl (C=O) groups excluding carboxylic acids is 1. The van der Waals surface area contributed by atoms with Crippen molar-refractivity contribution in [1.29, 1.82) is 0 Å². The number of urea groups is 1. The van der Waals surface area contributed by atoms with Gasteiger partial charge < -0.3 is 9.73 Å². The average molecular weight is 278 g/mol. The van der Waals surface area contributed by atoms with Crippen molar-refractivity contribution in [2.24, 2.45) is 7.05 Å². The molecule has 0 aliphatic heterocycles. The molecule has 2 aromatic heterocycles. The third-order valence-corrected chi connectivity index (χ3v) is 2.68. The zero-order valence-electron chi connectivity index (χ0n) is 12.0. The molecule has 2 N–H and O–H groups in total. The average Bonchev–Trinajstić information content (AvgIpc) is 2.96. The van der Waals surface area contributed by atoms with Crippen molar-refractivity contribution < 1.29 is 9.21 Å². The summed E-state index contributed by atoms with van der Waals surface area (Å²) >= 11 is 0. The first-order valence-corrected chi connectivity index (χ1v) is 6.20. The summed E-state index contributed by atoms with van der Waals surface area (Å²) < 4.78 is 6.78. The summed E-state index contributed by atoms with van der Waals surface area (Å²) in [6, 6.07) is -0.370. The van der Waals surface area contributed by atoms with E-state index < -0.39 is 0 Å². The van der Waals surface area contributed by atoms with Gasteiger partial charge in [-0.05, 0) is 0 Å². The topological polar surface area (TPSA) is 97.9 Å². The molecule has 2 aromatic rings. The van der Waals surface area contributed by atoms with Crippen LogP contribution in [0.25, 0.3) is 0 Å². The molecule has 108 valence electrons. The number of amides is 2. The van der Waals surface area contributed by atoms with Gasteiger partial charge in [-0.1, -0.05) is 26.0 Å². The Morgan fingerprint density at radius 1 is 1.45 bits per heavy atom. The van der Waals surface area contributed by atoms with Gasteiger partial charge in [0.05, 0.1) is 18.4 Å². The fraction of sp³-hybridized carbons (Fsp3) is 0.500. The molecule has 2 heterocycles. The Hall–Kier alpha value is -2.38. The molecule has 0 atom stereocenters. The highest BCUT2D eigenvalue weighted by atomic mass is 16.3. The van der Waals surface area contributed by atoms with Gasteiger partial charge >= 0.3 is 6.03 Å². The summed E-state index contributed by atoms with van der Waals surface area (Å²) in [7, 11) is 1.69. The molecule has 2 rings (SSSR count). The van der Waals surface area contributed by atoms with Gasteiger partial charge in [0.1, 0.15) is 6.26 Å². The largest absolute Gasteiger partial charge is 0.447 e. The molecule has 0 aliphatic rings. The monoisotopic (exact) mass is 278 g/mol. The second-order valence-corrected chi connectivity index (χ2v) is 5.43. The molecule has 8 nitrogen and oxygen atoms in total. The van der Waals surface area contributed by atoms with Crippen molar-refractivity contribution in [2.75, 3.05) is 5.32 Å². The van der Waals surface area contributed by atoms with E-state index in [2.05, 4.69) is 25.9 Å². The lowest BCUT2D eigenvalue weighted by Crippen LogP contribution is -2.29. The van der Waals surface area contributed by atoms with Crippen molar-refractivity contribution in [3.63, 3.8) is 0 Å². The van der Waals surface area contributed by atoms with Gasteiger partial charge in [0.15, 0.2) is 5.82 Å². The fourth-order valence-electron chi connectivity index (χ4n) is 1.46. The molecule has 0 unspecified atom stereocenters. The number of anilines is 1. The molecule has 0 radical (unpaired) electrons. The van der Waals surface area contributed by atoms with E-state index >= 15 is 0 Å². The second kappa shape index (κ2) is 5.32. The van der Waals surface area contributed by atoms with Crippen molar-refractivity contribution in [1.82, 2.24) is 25.3 Å². The van der Waals surface area contributed by atoms with Gasteiger partial charge in [-0.25, -0.2) is 14.5 Å². The lowest BCUT2D eigenvalue weighted by atomic mass is 9.93. The Labute approximate surface area is 116 Å². The number of aromatic nitrogens is 4. The first-order valence-electron chi connectivity index (χ1n) is 6.20. The highest BCUT2D eigenvalue weighted by Crippen LogP contribution is 2.20. The maximum atomic E-state index is 11.7. The number of hydrogen-bond donors (Lipinski definition) is 2. The van der Waals surface area contributed by atoms with E-state index in [1.165, 1.54) is 10.9 Å². The number of rotatable bonds is 3. The van der Waals surface area contributed by atoms with Crippen LogP contribution in [0.1, 0.15) is 32.4 Å². The number of hydrogen-bond acceptors (Lipinski definition) is 5. The van der Waals surface area contributed by atoms with Gasteiger partial charge in [0.25, 0.3) is 0 Å². The molecule has 0 saturated heterocycles. The number of oxazole rings is 1. The van der Waals surface area contributed by atoms with Crippen LogP contribution in [-0.2, 0) is 19.0 Å². The zero-order chi connectivity index (χ0) is 14.8. The highest BCUT2D eigenvalue weighted by Gasteiger charge is 2.18. The Morgan fingerprint density at radius 3 is 2.75 bits per heavy atom. The molecule has 2 amide bonds. The van der Waals surface area contributed by atoms with E-state index in [9.17, 15) is 4.79 Å². The maximum Gasteiger partial charge on any atom is 0.320 e. The maximum absolute atomic E-state index is 11.7. The van der Waals surface area contributed by atoms with Crippen LogP contribution in [-0.4, -0.2) is 26.0 Å². The first-order chi connectivity index (χ1) is 9.36. The van der Waals surface area contributed by atoms with Gasteiger partial charge in [-0.15, -0.1) is 5.10 Å². The van der Waals surface area contributed by atoms with Crippen LogP contribution in [0.15, 0.2) is 16.9 Å². The van der Waals surface area contributed by atoms with Gasteiger partial charge in [-0.2, -0.15) is 0 Å². The van der Waals surface area contributed by atoms with Crippen LogP contribution in [0.3, 0.4) is 0 Å². The van der Waals surface area contributed by atoms with Crippen LogP contribution in [0.5, 0.6) is 0 Å². The molecule has 0 saturated carbocycles. The number of nitrogens with zero attached hydrogens (tertiary/aromatic N) is 4. The molecule has 0 spiro atoms. The lowest BCUT2D eigenvalue weighted by Gasteiger charge is -2.13. The van der Waals surface area contributed by atoms with Crippen LogP contribution in [0, 0.1) is 0 Å². The molecule has 20 heavy (non-hydrogen) atoms. The van der Waals surface area contributed by atoms with Gasteiger partial charge in [0, 0.05) is 12.5 Å². The highest BCUT2D eigenvalue weighted by molar-refractivity contribution is 5.87. The SMILES string of the molecule is Cn1nncc1NC(=O)NCc1nc(C(C)(C)C)co1. The lowest BCUT2D eigenvalue weighted by molar-refractivity contribution is 0.250. The van der Waals surface area contributed by atoms with E-state index in [-0.39, 0.29) is 18.0 Å². The van der Waals surface area contributed by atoms with Gasteiger partial charge in [-0.3, -0.25) is 5.32 Å². The number of nitrogens with one attached hydrogen (secondary N) is 2. The third kappa shape index (κ3) is 3.34. The van der Waals surface area contributed by atoms with E-state index in [1.807, 2.05) is 20.8 Å². The Balaban J connectivity index is 1.88. The Kier molecular flexibility index (Phi) is 3.73. The Bertz CT molecular complexity index is 595. The van der Waals surface area contributed by atoms with Crippen molar-refractivity contribution in [2.45, 2.75) is 32.7 Å². The van der Waals surface area contributed by atoms with E-state index in [1.54, 1.807) is 13.3 Å². The Morgan fingerprint density at radius 2 is 2.20 bits per heavy atom. The van der Waals surface area contributed by atoms with Gasteiger partial charge in [0.2, 0.25) is 5.89 Å². The summed E-state index contributed by atoms with van der Waals surface area (Å²) in [5, 5.41) is 12.6. The standard InChI is InChI=1S/C12H18N6O2/c1-12(2,3)8-7-20-10(15-8)6-13-11(19)16-9-5-14-17-18(9)4/h5,7H,6H2,1-4H3,(H2,13,16,19). The third-order valence-electron chi connectivity index (χ3n) is 2.68. The normalized spacial score (nSPS) is 11.4. The van der Waals surface area contributed by atoms with Crippen LogP contribution < -0.4 is 10.6 Å². The zero-order valence-corrected chi connectivity index (χ0v) is 12.0. The summed E-state index contributed by atoms with van der Waals surface area (Å²) in [5.41, 5.74) is 0.773. The molecular formula is C12H18N6O2. The van der Waals surface area contributed by atoms with E-state index in [0.29, 0.717) is 11.7 Å².